The van der Waals surface area contributed by atoms with Gasteiger partial charge in [-0.3, -0.25) is 4.72 Å². The quantitative estimate of drug-likeness (QED) is 0.882. The fraction of sp³-hybridized carbons (Fsp3) is 0.500. The highest BCUT2D eigenvalue weighted by Crippen LogP contribution is 2.29. The van der Waals surface area contributed by atoms with Crippen molar-refractivity contribution in [2.45, 2.75) is 26.7 Å². The van der Waals surface area contributed by atoms with Crippen molar-refractivity contribution < 1.29 is 13.2 Å². The number of nitrogens with one attached hydrogen (secondary N) is 1. The SMILES string of the molecule is CCS(=O)(=O)Nc1ccc(C(C)C)cc1OC. The summed E-state index contributed by atoms with van der Waals surface area (Å²) >= 11 is 0. The topological polar surface area (TPSA) is 55.4 Å². The first kappa shape index (κ1) is 13.8. The second-order valence-corrected chi connectivity index (χ2v) is 6.13. The molecule has 0 aliphatic rings. The van der Waals surface area contributed by atoms with Crippen LogP contribution in [0.5, 0.6) is 5.75 Å². The van der Waals surface area contributed by atoms with Crippen molar-refractivity contribution in [3.8, 4) is 5.75 Å². The Labute approximate surface area is 103 Å². The molecule has 17 heavy (non-hydrogen) atoms. The van der Waals surface area contributed by atoms with E-state index in [-0.39, 0.29) is 5.75 Å². The van der Waals surface area contributed by atoms with Gasteiger partial charge >= 0.3 is 0 Å². The standard InChI is InChI=1S/C12H19NO3S/c1-5-17(14,15)13-11-7-6-10(9(2)3)8-12(11)16-4/h6-9,13H,5H2,1-4H3. The summed E-state index contributed by atoms with van der Waals surface area (Å²) in [5, 5.41) is 0. The van der Waals surface area contributed by atoms with Crippen molar-refractivity contribution in [3.05, 3.63) is 23.8 Å². The zero-order valence-electron chi connectivity index (χ0n) is 10.6. The van der Waals surface area contributed by atoms with Gasteiger partial charge in [-0.2, -0.15) is 0 Å². The summed E-state index contributed by atoms with van der Waals surface area (Å²) in [4.78, 5) is 0. The van der Waals surface area contributed by atoms with Gasteiger partial charge in [0.05, 0.1) is 18.6 Å². The van der Waals surface area contributed by atoms with Gasteiger partial charge in [0.15, 0.2) is 0 Å². The van der Waals surface area contributed by atoms with E-state index in [2.05, 4.69) is 18.6 Å². The number of hydrogen-bond acceptors (Lipinski definition) is 3. The van der Waals surface area contributed by atoms with Gasteiger partial charge in [-0.15, -0.1) is 0 Å². The van der Waals surface area contributed by atoms with Crippen LogP contribution >= 0.6 is 0 Å². The molecule has 1 rings (SSSR count). The van der Waals surface area contributed by atoms with E-state index >= 15 is 0 Å². The van der Waals surface area contributed by atoms with Crippen LogP contribution in [-0.4, -0.2) is 21.3 Å². The maximum absolute atomic E-state index is 11.5. The molecule has 0 bridgehead atoms. The third-order valence-electron chi connectivity index (χ3n) is 2.54. The molecule has 0 fully saturated rings. The molecule has 0 spiro atoms. The highest BCUT2D eigenvalue weighted by molar-refractivity contribution is 7.92. The lowest BCUT2D eigenvalue weighted by Crippen LogP contribution is -2.15. The molecule has 0 aliphatic heterocycles. The highest BCUT2D eigenvalue weighted by atomic mass is 32.2. The third-order valence-corrected chi connectivity index (χ3v) is 3.83. The van der Waals surface area contributed by atoms with E-state index in [1.165, 1.54) is 7.11 Å². The Morgan fingerprint density at radius 3 is 2.47 bits per heavy atom. The molecule has 0 aliphatic carbocycles. The molecule has 5 heteroatoms. The van der Waals surface area contributed by atoms with Crippen molar-refractivity contribution in [3.63, 3.8) is 0 Å². The van der Waals surface area contributed by atoms with E-state index in [0.29, 0.717) is 17.4 Å². The summed E-state index contributed by atoms with van der Waals surface area (Å²) in [5.74, 6) is 0.969. The van der Waals surface area contributed by atoms with E-state index < -0.39 is 10.0 Å². The minimum atomic E-state index is -3.27. The van der Waals surface area contributed by atoms with Crippen molar-refractivity contribution in [1.82, 2.24) is 0 Å². The lowest BCUT2D eigenvalue weighted by Gasteiger charge is -2.13. The van der Waals surface area contributed by atoms with Crippen LogP contribution in [0.15, 0.2) is 18.2 Å². The average molecular weight is 257 g/mol. The van der Waals surface area contributed by atoms with Crippen molar-refractivity contribution in [2.75, 3.05) is 17.6 Å². The second kappa shape index (κ2) is 5.40. The highest BCUT2D eigenvalue weighted by Gasteiger charge is 2.12. The van der Waals surface area contributed by atoms with Crippen LogP contribution in [0.1, 0.15) is 32.3 Å². The van der Waals surface area contributed by atoms with Gasteiger partial charge in [0.2, 0.25) is 10.0 Å². The minimum absolute atomic E-state index is 0.0437. The third kappa shape index (κ3) is 3.63. The molecule has 4 nitrogen and oxygen atoms in total. The Morgan fingerprint density at radius 1 is 1.35 bits per heavy atom. The largest absolute Gasteiger partial charge is 0.495 e. The minimum Gasteiger partial charge on any atom is -0.495 e. The normalized spacial score (nSPS) is 11.6. The fourth-order valence-electron chi connectivity index (χ4n) is 1.39. The van der Waals surface area contributed by atoms with Crippen LogP contribution in [0.25, 0.3) is 0 Å². The van der Waals surface area contributed by atoms with Gasteiger partial charge in [-0.05, 0) is 30.5 Å². The number of ether oxygens (including phenoxy) is 1. The Hall–Kier alpha value is -1.23. The van der Waals surface area contributed by atoms with E-state index in [4.69, 9.17) is 4.74 Å². The summed E-state index contributed by atoms with van der Waals surface area (Å²) < 4.78 is 30.7. The van der Waals surface area contributed by atoms with Crippen LogP contribution in [-0.2, 0) is 10.0 Å². The lowest BCUT2D eigenvalue weighted by molar-refractivity contribution is 0.416. The van der Waals surface area contributed by atoms with Crippen LogP contribution in [0.4, 0.5) is 5.69 Å². The predicted octanol–water partition coefficient (Wildman–Crippen LogP) is 2.58. The molecule has 0 atom stereocenters. The van der Waals surface area contributed by atoms with E-state index in [0.717, 1.165) is 5.56 Å². The molecule has 0 amide bonds. The summed E-state index contributed by atoms with van der Waals surface area (Å²) in [6, 6.07) is 5.50. The first-order valence-corrected chi connectivity index (χ1v) is 7.23. The molecule has 96 valence electrons. The molecular weight excluding hydrogens is 238 g/mol. The molecule has 0 aromatic heterocycles. The molecule has 0 radical (unpaired) electrons. The molecule has 0 saturated heterocycles. The zero-order valence-corrected chi connectivity index (χ0v) is 11.5. The predicted molar refractivity (Wildman–Crippen MR) is 70.2 cm³/mol. The van der Waals surface area contributed by atoms with Gasteiger partial charge in [0.1, 0.15) is 5.75 Å². The van der Waals surface area contributed by atoms with Gasteiger partial charge in [-0.1, -0.05) is 19.9 Å². The summed E-state index contributed by atoms with van der Waals surface area (Å²) in [6.07, 6.45) is 0. The van der Waals surface area contributed by atoms with Crippen molar-refractivity contribution in [1.29, 1.82) is 0 Å². The van der Waals surface area contributed by atoms with Crippen molar-refractivity contribution >= 4 is 15.7 Å². The van der Waals surface area contributed by atoms with Gasteiger partial charge < -0.3 is 4.74 Å². The van der Waals surface area contributed by atoms with Gasteiger partial charge in [0.25, 0.3) is 0 Å². The Balaban J connectivity index is 3.09. The second-order valence-electron chi connectivity index (χ2n) is 4.12. The van der Waals surface area contributed by atoms with E-state index in [1.807, 2.05) is 12.1 Å². The molecule has 1 aromatic carbocycles. The fourth-order valence-corrected chi connectivity index (χ4v) is 2.04. The monoisotopic (exact) mass is 257 g/mol. The molecule has 1 N–H and O–H groups in total. The molecular formula is C12H19NO3S. The maximum Gasteiger partial charge on any atom is 0.232 e. The Morgan fingerprint density at radius 2 is 2.00 bits per heavy atom. The number of benzene rings is 1. The number of hydrogen-bond donors (Lipinski definition) is 1. The number of methoxy groups -OCH3 is 1. The molecule has 0 unspecified atom stereocenters. The first-order valence-electron chi connectivity index (χ1n) is 5.58. The van der Waals surface area contributed by atoms with Gasteiger partial charge in [0, 0.05) is 0 Å². The van der Waals surface area contributed by atoms with Crippen LogP contribution < -0.4 is 9.46 Å². The summed E-state index contributed by atoms with van der Waals surface area (Å²) in [5.41, 5.74) is 1.60. The molecule has 1 aromatic rings. The smallest absolute Gasteiger partial charge is 0.232 e. The first-order chi connectivity index (χ1) is 7.89. The Bertz CT molecular complexity index is 481. The summed E-state index contributed by atoms with van der Waals surface area (Å²) in [6.45, 7) is 5.74. The summed E-state index contributed by atoms with van der Waals surface area (Å²) in [7, 11) is -1.74. The van der Waals surface area contributed by atoms with E-state index in [1.54, 1.807) is 13.0 Å². The van der Waals surface area contributed by atoms with Gasteiger partial charge in [-0.25, -0.2) is 8.42 Å². The molecule has 0 heterocycles. The average Bonchev–Trinajstić information content (AvgIpc) is 2.29. The van der Waals surface area contributed by atoms with Crippen LogP contribution in [0, 0.1) is 0 Å². The number of rotatable bonds is 5. The zero-order chi connectivity index (χ0) is 13.1. The number of sulfonamides is 1. The maximum atomic E-state index is 11.5. The Kier molecular flexibility index (Phi) is 4.40. The molecule has 0 saturated carbocycles. The van der Waals surface area contributed by atoms with Crippen molar-refractivity contribution in [2.24, 2.45) is 0 Å². The van der Waals surface area contributed by atoms with Crippen LogP contribution in [0.2, 0.25) is 0 Å². The lowest BCUT2D eigenvalue weighted by atomic mass is 10.0. The van der Waals surface area contributed by atoms with E-state index in [9.17, 15) is 8.42 Å². The number of anilines is 1. The van der Waals surface area contributed by atoms with Crippen LogP contribution in [0.3, 0.4) is 0 Å².